The summed E-state index contributed by atoms with van der Waals surface area (Å²) in [5.41, 5.74) is 0.992. The Morgan fingerprint density at radius 1 is 1.50 bits per heavy atom. The van der Waals surface area contributed by atoms with Crippen molar-refractivity contribution in [2.45, 2.75) is 13.2 Å². The summed E-state index contributed by atoms with van der Waals surface area (Å²) in [6, 6.07) is 5.18. The molecule has 2 N–H and O–H groups in total. The van der Waals surface area contributed by atoms with Gasteiger partial charge in [0, 0.05) is 26.5 Å². The van der Waals surface area contributed by atoms with Crippen molar-refractivity contribution in [1.29, 1.82) is 0 Å². The van der Waals surface area contributed by atoms with Crippen LogP contribution in [0.5, 0.6) is 0 Å². The first-order chi connectivity index (χ1) is 8.69. The van der Waals surface area contributed by atoms with E-state index < -0.39 is 0 Å². The van der Waals surface area contributed by atoms with E-state index in [0.717, 1.165) is 9.35 Å². The molecule has 2 aromatic heterocycles. The number of rotatable bonds is 4. The molecule has 2 rings (SSSR count). The summed E-state index contributed by atoms with van der Waals surface area (Å²) >= 11 is 4.95. The highest BCUT2D eigenvalue weighted by Gasteiger charge is 2.07. The van der Waals surface area contributed by atoms with Gasteiger partial charge in [-0.25, -0.2) is 0 Å². The molecule has 18 heavy (non-hydrogen) atoms. The monoisotopic (exact) mass is 326 g/mol. The number of aromatic nitrogens is 1. The molecule has 0 saturated heterocycles. The quantitative estimate of drug-likeness (QED) is 0.906. The molecule has 2 heterocycles. The molecule has 94 valence electrons. The van der Waals surface area contributed by atoms with Gasteiger partial charge in [-0.05, 0) is 34.1 Å². The molecule has 0 aliphatic heterocycles. The number of thiophene rings is 1. The van der Waals surface area contributed by atoms with Crippen LogP contribution >= 0.6 is 27.3 Å². The van der Waals surface area contributed by atoms with Gasteiger partial charge in [0.25, 0.3) is 5.91 Å². The van der Waals surface area contributed by atoms with Gasteiger partial charge < -0.3 is 10.4 Å². The Bertz CT molecular complexity index is 557. The molecule has 0 fully saturated rings. The van der Waals surface area contributed by atoms with Crippen LogP contribution in [-0.4, -0.2) is 16.0 Å². The summed E-state index contributed by atoms with van der Waals surface area (Å²) < 4.78 is 1.02. The first-order valence-electron chi connectivity index (χ1n) is 5.26. The van der Waals surface area contributed by atoms with Crippen molar-refractivity contribution in [2.24, 2.45) is 0 Å². The minimum Gasteiger partial charge on any atom is -0.390 e. The fraction of sp³-hybridized carbons (Fsp3) is 0.167. The van der Waals surface area contributed by atoms with E-state index in [1.165, 1.54) is 6.20 Å². The number of aliphatic hydroxyl groups excluding tert-OH is 1. The fourth-order valence-electron chi connectivity index (χ4n) is 1.42. The van der Waals surface area contributed by atoms with Crippen molar-refractivity contribution in [3.63, 3.8) is 0 Å². The molecule has 0 unspecified atom stereocenters. The van der Waals surface area contributed by atoms with Gasteiger partial charge in [-0.2, -0.15) is 0 Å². The van der Waals surface area contributed by atoms with Crippen LogP contribution in [0.15, 0.2) is 34.2 Å². The van der Waals surface area contributed by atoms with E-state index in [9.17, 15) is 4.79 Å². The Morgan fingerprint density at radius 3 is 3.00 bits per heavy atom. The lowest BCUT2D eigenvalue weighted by Crippen LogP contribution is -2.22. The Labute approximate surface area is 117 Å². The van der Waals surface area contributed by atoms with Crippen LogP contribution < -0.4 is 5.32 Å². The molecule has 0 bridgehead atoms. The van der Waals surface area contributed by atoms with Gasteiger partial charge in [-0.1, -0.05) is 0 Å². The van der Waals surface area contributed by atoms with Crippen molar-refractivity contribution < 1.29 is 9.90 Å². The third-order valence-corrected chi connectivity index (χ3v) is 3.98. The maximum atomic E-state index is 11.9. The van der Waals surface area contributed by atoms with Crippen LogP contribution in [0.3, 0.4) is 0 Å². The van der Waals surface area contributed by atoms with E-state index in [2.05, 4.69) is 26.2 Å². The molecule has 0 aliphatic rings. The molecule has 0 aromatic carbocycles. The van der Waals surface area contributed by atoms with Crippen LogP contribution in [0.2, 0.25) is 0 Å². The third kappa shape index (κ3) is 3.38. The predicted molar refractivity (Wildman–Crippen MR) is 73.3 cm³/mol. The lowest BCUT2D eigenvalue weighted by Gasteiger charge is -2.04. The van der Waals surface area contributed by atoms with E-state index in [1.807, 2.05) is 11.4 Å². The maximum absolute atomic E-state index is 11.9. The van der Waals surface area contributed by atoms with Gasteiger partial charge in [-0.15, -0.1) is 11.3 Å². The van der Waals surface area contributed by atoms with E-state index in [0.29, 0.717) is 17.8 Å². The fourth-order valence-corrected chi connectivity index (χ4v) is 2.81. The van der Waals surface area contributed by atoms with Gasteiger partial charge >= 0.3 is 0 Å². The Morgan fingerprint density at radius 2 is 2.33 bits per heavy atom. The van der Waals surface area contributed by atoms with Crippen molar-refractivity contribution >= 4 is 33.2 Å². The van der Waals surface area contributed by atoms with Crippen LogP contribution in [0, 0.1) is 0 Å². The number of hydrogen-bond donors (Lipinski definition) is 2. The smallest absolute Gasteiger partial charge is 0.251 e. The average Bonchev–Trinajstić information content (AvgIpc) is 2.82. The Balaban J connectivity index is 1.99. The molecular formula is C12H11BrN2O2S. The standard InChI is InChI=1S/C12H11BrN2O2S/c13-9-4-11(18-7-9)5-15-12(17)8-1-2-14-10(3-8)6-16/h1-4,7,16H,5-6H2,(H,15,17). The second-order valence-corrected chi connectivity index (χ2v) is 5.52. The minimum atomic E-state index is -0.170. The third-order valence-electron chi connectivity index (χ3n) is 2.29. The van der Waals surface area contributed by atoms with Crippen molar-refractivity contribution in [1.82, 2.24) is 10.3 Å². The summed E-state index contributed by atoms with van der Waals surface area (Å²) in [5, 5.41) is 13.7. The molecule has 6 heteroatoms. The van der Waals surface area contributed by atoms with Gasteiger partial charge in [0.05, 0.1) is 18.8 Å². The summed E-state index contributed by atoms with van der Waals surface area (Å²) in [6.45, 7) is 0.324. The highest BCUT2D eigenvalue weighted by atomic mass is 79.9. The number of carbonyl (C=O) groups is 1. The highest BCUT2D eigenvalue weighted by Crippen LogP contribution is 2.19. The van der Waals surface area contributed by atoms with E-state index >= 15 is 0 Å². The van der Waals surface area contributed by atoms with Gasteiger partial charge in [0.1, 0.15) is 0 Å². The summed E-state index contributed by atoms with van der Waals surface area (Å²) in [7, 11) is 0. The second-order valence-electron chi connectivity index (χ2n) is 3.61. The van der Waals surface area contributed by atoms with Crippen LogP contribution in [-0.2, 0) is 13.2 Å². The van der Waals surface area contributed by atoms with E-state index in [1.54, 1.807) is 23.5 Å². The van der Waals surface area contributed by atoms with Gasteiger partial charge in [0.2, 0.25) is 0 Å². The van der Waals surface area contributed by atoms with Gasteiger partial charge in [-0.3, -0.25) is 9.78 Å². The molecular weight excluding hydrogens is 316 g/mol. The second kappa shape index (κ2) is 6.08. The number of pyridine rings is 1. The molecule has 0 saturated carbocycles. The molecule has 1 amide bonds. The summed E-state index contributed by atoms with van der Waals surface area (Å²) in [4.78, 5) is 16.9. The largest absolute Gasteiger partial charge is 0.390 e. The molecule has 2 aromatic rings. The van der Waals surface area contributed by atoms with Crippen molar-refractivity contribution in [2.75, 3.05) is 0 Å². The Hall–Kier alpha value is -1.24. The number of nitrogens with one attached hydrogen (secondary N) is 1. The topological polar surface area (TPSA) is 62.2 Å². The van der Waals surface area contributed by atoms with Crippen LogP contribution in [0.25, 0.3) is 0 Å². The number of carbonyl (C=O) groups excluding carboxylic acids is 1. The van der Waals surface area contributed by atoms with Crippen LogP contribution in [0.1, 0.15) is 20.9 Å². The molecule has 0 spiro atoms. The zero-order valence-corrected chi connectivity index (χ0v) is 11.8. The van der Waals surface area contributed by atoms with Crippen molar-refractivity contribution in [3.05, 3.63) is 50.4 Å². The summed E-state index contributed by atoms with van der Waals surface area (Å²) in [5.74, 6) is -0.170. The number of halogens is 1. The highest BCUT2D eigenvalue weighted by molar-refractivity contribution is 9.10. The van der Waals surface area contributed by atoms with Gasteiger partial charge in [0.15, 0.2) is 0 Å². The summed E-state index contributed by atoms with van der Waals surface area (Å²) in [6.07, 6.45) is 1.52. The lowest BCUT2D eigenvalue weighted by molar-refractivity contribution is 0.0951. The molecule has 0 aliphatic carbocycles. The molecule has 4 nitrogen and oxygen atoms in total. The normalized spacial score (nSPS) is 10.3. The minimum absolute atomic E-state index is 0.168. The number of aliphatic hydroxyl groups is 1. The maximum Gasteiger partial charge on any atom is 0.251 e. The SMILES string of the molecule is O=C(NCc1cc(Br)cs1)c1ccnc(CO)c1. The number of amides is 1. The van der Waals surface area contributed by atoms with Crippen molar-refractivity contribution in [3.8, 4) is 0 Å². The first kappa shape index (κ1) is 13.2. The van der Waals surface area contributed by atoms with E-state index in [4.69, 9.17) is 5.11 Å². The number of hydrogen-bond acceptors (Lipinski definition) is 4. The Kier molecular flexibility index (Phi) is 4.46. The number of nitrogens with zero attached hydrogens (tertiary/aromatic N) is 1. The first-order valence-corrected chi connectivity index (χ1v) is 6.93. The molecule has 0 atom stereocenters. The average molecular weight is 327 g/mol. The lowest BCUT2D eigenvalue weighted by atomic mass is 10.2. The molecule has 0 radical (unpaired) electrons. The zero-order chi connectivity index (χ0) is 13.0. The van der Waals surface area contributed by atoms with E-state index in [-0.39, 0.29) is 12.5 Å². The van der Waals surface area contributed by atoms with Crippen LogP contribution in [0.4, 0.5) is 0 Å². The zero-order valence-electron chi connectivity index (χ0n) is 9.39. The predicted octanol–water partition coefficient (Wildman–Crippen LogP) is 2.33.